The van der Waals surface area contributed by atoms with Crippen molar-refractivity contribution in [3.05, 3.63) is 35.6 Å². The molecule has 1 atom stereocenters. The van der Waals surface area contributed by atoms with Crippen LogP contribution in [-0.4, -0.2) is 11.3 Å². The average Bonchev–Trinajstić information content (AvgIpc) is 2.16. The molecule has 0 aromatic heterocycles. The summed E-state index contributed by atoms with van der Waals surface area (Å²) in [5.41, 5.74) is 0.414. The van der Waals surface area contributed by atoms with E-state index in [-0.39, 0.29) is 12.4 Å². The number of ether oxygens (including phenoxy) is 1. The van der Waals surface area contributed by atoms with Crippen LogP contribution in [-0.2, 0) is 16.1 Å². The Hall–Kier alpha value is -0.930. The molecular formula is C10H10ClFO2. The molecule has 0 bridgehead atoms. The topological polar surface area (TPSA) is 26.3 Å². The molecule has 0 amide bonds. The molecule has 0 aliphatic rings. The summed E-state index contributed by atoms with van der Waals surface area (Å²) >= 11 is 5.18. The number of hydrogen-bond acceptors (Lipinski definition) is 2. The zero-order chi connectivity index (χ0) is 10.6. The van der Waals surface area contributed by atoms with Crippen LogP contribution in [0, 0.1) is 5.82 Å². The van der Waals surface area contributed by atoms with Crippen LogP contribution < -0.4 is 0 Å². The van der Waals surface area contributed by atoms with Crippen LogP contribution in [0.25, 0.3) is 0 Å². The molecule has 4 heteroatoms. The molecule has 0 N–H and O–H groups in total. The van der Waals surface area contributed by atoms with Crippen molar-refractivity contribution in [3.8, 4) is 0 Å². The zero-order valence-electron chi connectivity index (χ0n) is 7.67. The van der Waals surface area contributed by atoms with Gasteiger partial charge in [0.1, 0.15) is 11.9 Å². The molecular weight excluding hydrogens is 207 g/mol. The number of carbonyl (C=O) groups is 1. The number of rotatable bonds is 4. The molecule has 1 aromatic carbocycles. The Balaban J connectivity index is 2.54. The van der Waals surface area contributed by atoms with E-state index in [1.54, 1.807) is 18.2 Å². The van der Waals surface area contributed by atoms with Gasteiger partial charge < -0.3 is 4.74 Å². The molecule has 0 aliphatic carbocycles. The third kappa shape index (κ3) is 3.09. The summed E-state index contributed by atoms with van der Waals surface area (Å²) in [6.07, 6.45) is -0.712. The van der Waals surface area contributed by atoms with Crippen molar-refractivity contribution >= 4 is 16.8 Å². The minimum Gasteiger partial charge on any atom is -0.365 e. The molecule has 0 spiro atoms. The predicted octanol–water partition coefficient (Wildman–Crippen LogP) is 2.50. The summed E-state index contributed by atoms with van der Waals surface area (Å²) in [4.78, 5) is 10.6. The first-order valence-electron chi connectivity index (χ1n) is 4.15. The first kappa shape index (κ1) is 11.1. The fourth-order valence-corrected chi connectivity index (χ4v) is 0.959. The Kier molecular flexibility index (Phi) is 4.04. The largest absolute Gasteiger partial charge is 0.365 e. The van der Waals surface area contributed by atoms with E-state index < -0.39 is 11.3 Å². The van der Waals surface area contributed by atoms with Gasteiger partial charge >= 0.3 is 0 Å². The summed E-state index contributed by atoms with van der Waals surface area (Å²) in [7, 11) is 0. The molecule has 76 valence electrons. The third-order valence-corrected chi connectivity index (χ3v) is 2.07. The maximum absolute atomic E-state index is 13.0. The van der Waals surface area contributed by atoms with Crippen LogP contribution in [0.1, 0.15) is 12.5 Å². The van der Waals surface area contributed by atoms with Crippen molar-refractivity contribution in [2.75, 3.05) is 0 Å². The highest BCUT2D eigenvalue weighted by Gasteiger charge is 2.10. The predicted molar refractivity (Wildman–Crippen MR) is 51.5 cm³/mol. The van der Waals surface area contributed by atoms with Crippen LogP contribution in [0.5, 0.6) is 0 Å². The van der Waals surface area contributed by atoms with E-state index in [1.807, 2.05) is 0 Å². The lowest BCUT2D eigenvalue weighted by molar-refractivity contribution is -0.122. The number of hydrogen-bond donors (Lipinski definition) is 0. The van der Waals surface area contributed by atoms with Crippen LogP contribution in [0.15, 0.2) is 24.3 Å². The molecule has 0 radical (unpaired) electrons. The van der Waals surface area contributed by atoms with E-state index in [4.69, 9.17) is 16.3 Å². The van der Waals surface area contributed by atoms with Crippen molar-refractivity contribution in [1.82, 2.24) is 0 Å². The highest BCUT2D eigenvalue weighted by atomic mass is 35.5. The van der Waals surface area contributed by atoms with Crippen molar-refractivity contribution in [1.29, 1.82) is 0 Å². The second kappa shape index (κ2) is 5.08. The Morgan fingerprint density at radius 1 is 1.57 bits per heavy atom. The second-order valence-electron chi connectivity index (χ2n) is 2.85. The quantitative estimate of drug-likeness (QED) is 0.723. The minimum absolute atomic E-state index is 0.0479. The van der Waals surface area contributed by atoms with E-state index >= 15 is 0 Å². The fourth-order valence-electron chi connectivity index (χ4n) is 0.896. The molecule has 0 saturated heterocycles. The maximum Gasteiger partial charge on any atom is 0.250 e. The first-order chi connectivity index (χ1) is 6.61. The highest BCUT2D eigenvalue weighted by Crippen LogP contribution is 2.09. The average molecular weight is 217 g/mol. The first-order valence-corrected chi connectivity index (χ1v) is 4.53. The maximum atomic E-state index is 13.0. The lowest BCUT2D eigenvalue weighted by atomic mass is 10.2. The Labute approximate surface area is 86.6 Å². The van der Waals surface area contributed by atoms with Crippen LogP contribution in [0.3, 0.4) is 0 Å². The monoisotopic (exact) mass is 216 g/mol. The normalized spacial score (nSPS) is 12.5. The van der Waals surface area contributed by atoms with E-state index in [1.165, 1.54) is 13.0 Å². The minimum atomic E-state index is -0.712. The molecule has 0 heterocycles. The second-order valence-corrected chi connectivity index (χ2v) is 3.22. The number of benzene rings is 1. The smallest absolute Gasteiger partial charge is 0.250 e. The number of halogens is 2. The molecule has 2 nitrogen and oxygen atoms in total. The van der Waals surface area contributed by atoms with Gasteiger partial charge in [-0.1, -0.05) is 18.2 Å². The Morgan fingerprint density at radius 2 is 2.21 bits per heavy atom. The molecule has 1 rings (SSSR count). The van der Waals surface area contributed by atoms with Gasteiger partial charge in [0.15, 0.2) is 0 Å². The Morgan fingerprint density at radius 3 is 2.79 bits per heavy atom. The van der Waals surface area contributed by atoms with Gasteiger partial charge in [0.05, 0.1) is 6.61 Å². The van der Waals surface area contributed by atoms with Gasteiger partial charge in [-0.2, -0.15) is 0 Å². The van der Waals surface area contributed by atoms with Crippen molar-refractivity contribution in [2.24, 2.45) is 0 Å². The number of carbonyl (C=O) groups excluding carboxylic acids is 1. The van der Waals surface area contributed by atoms with Gasteiger partial charge in [0.25, 0.3) is 0 Å². The third-order valence-electron chi connectivity index (χ3n) is 1.77. The zero-order valence-corrected chi connectivity index (χ0v) is 8.42. The fraction of sp³-hybridized carbons (Fsp3) is 0.300. The summed E-state index contributed by atoms with van der Waals surface area (Å²) in [6.45, 7) is 1.57. The summed E-state index contributed by atoms with van der Waals surface area (Å²) < 4.78 is 18.1. The van der Waals surface area contributed by atoms with Gasteiger partial charge in [-0.25, -0.2) is 4.39 Å². The van der Waals surface area contributed by atoms with Crippen molar-refractivity contribution < 1.29 is 13.9 Å². The van der Waals surface area contributed by atoms with Gasteiger partial charge in [0, 0.05) is 5.56 Å². The van der Waals surface area contributed by atoms with Gasteiger partial charge in [-0.15, -0.1) is 0 Å². The highest BCUT2D eigenvalue weighted by molar-refractivity contribution is 6.64. The van der Waals surface area contributed by atoms with Crippen LogP contribution >= 0.6 is 11.6 Å². The molecule has 0 aliphatic heterocycles. The van der Waals surface area contributed by atoms with E-state index in [9.17, 15) is 9.18 Å². The van der Waals surface area contributed by atoms with E-state index in [2.05, 4.69) is 0 Å². The molecule has 0 saturated carbocycles. The van der Waals surface area contributed by atoms with E-state index in [0.29, 0.717) is 5.56 Å². The van der Waals surface area contributed by atoms with Gasteiger partial charge in [-0.05, 0) is 24.6 Å². The Bertz CT molecular complexity index is 328. The lowest BCUT2D eigenvalue weighted by Crippen LogP contribution is -2.15. The SMILES string of the molecule is C[C@@H](OCc1ccccc1F)C(=O)Cl. The van der Waals surface area contributed by atoms with Crippen molar-refractivity contribution in [2.45, 2.75) is 19.6 Å². The van der Waals surface area contributed by atoms with Gasteiger partial charge in [-0.3, -0.25) is 4.79 Å². The molecule has 0 unspecified atom stereocenters. The van der Waals surface area contributed by atoms with Crippen molar-refractivity contribution in [3.63, 3.8) is 0 Å². The van der Waals surface area contributed by atoms with E-state index in [0.717, 1.165) is 0 Å². The lowest BCUT2D eigenvalue weighted by Gasteiger charge is -2.08. The molecule has 0 fully saturated rings. The molecule has 1 aromatic rings. The standard InChI is InChI=1S/C10H10ClFO2/c1-7(10(11)13)14-6-8-4-2-3-5-9(8)12/h2-5,7H,6H2,1H3/t7-/m1/s1. The van der Waals surface area contributed by atoms with Gasteiger partial charge in [0.2, 0.25) is 5.24 Å². The molecule has 14 heavy (non-hydrogen) atoms. The summed E-state index contributed by atoms with van der Waals surface area (Å²) in [5, 5.41) is -0.582. The van der Waals surface area contributed by atoms with Crippen LogP contribution in [0.4, 0.5) is 4.39 Å². The summed E-state index contributed by atoms with van der Waals surface area (Å²) in [5.74, 6) is -0.346. The summed E-state index contributed by atoms with van der Waals surface area (Å²) in [6, 6.07) is 6.23. The van der Waals surface area contributed by atoms with Crippen LogP contribution in [0.2, 0.25) is 0 Å².